The van der Waals surface area contributed by atoms with E-state index in [9.17, 15) is 4.79 Å². The predicted octanol–water partition coefficient (Wildman–Crippen LogP) is 4.40. The largest absolute Gasteiger partial charge is 0.481 e. The van der Waals surface area contributed by atoms with Gasteiger partial charge < -0.3 is 5.11 Å². The van der Waals surface area contributed by atoms with Gasteiger partial charge in [-0.15, -0.1) is 22.7 Å². The molecule has 0 unspecified atom stereocenters. The smallest absolute Gasteiger partial charge is 0.308 e. The zero-order valence-corrected chi connectivity index (χ0v) is 12.7. The Bertz CT molecular complexity index is 555. The minimum Gasteiger partial charge on any atom is -0.481 e. The third kappa shape index (κ3) is 3.42. The number of carboxylic acid groups (broad SMARTS) is 1. The standard InChI is InChI=1S/C14H17NO2S2/c1-3-9(4-2)14-15-11(8-18-14)12-6-5-10(19-12)7-13(16)17/h5-6,8-9H,3-4,7H2,1-2H3,(H,16,17). The normalized spacial score (nSPS) is 11.1. The second kappa shape index (κ2) is 6.30. The van der Waals surface area contributed by atoms with E-state index in [0.29, 0.717) is 5.92 Å². The van der Waals surface area contributed by atoms with Crippen molar-refractivity contribution in [2.75, 3.05) is 0 Å². The molecular weight excluding hydrogens is 278 g/mol. The second-order valence-electron chi connectivity index (χ2n) is 4.42. The lowest BCUT2D eigenvalue weighted by molar-refractivity contribution is -0.136. The molecule has 0 aromatic carbocycles. The van der Waals surface area contributed by atoms with E-state index in [2.05, 4.69) is 19.2 Å². The van der Waals surface area contributed by atoms with Gasteiger partial charge in [-0.25, -0.2) is 4.98 Å². The maximum absolute atomic E-state index is 10.7. The van der Waals surface area contributed by atoms with Gasteiger partial charge in [0.15, 0.2) is 0 Å². The Hall–Kier alpha value is -1.20. The molecule has 0 spiro atoms. The first-order chi connectivity index (χ1) is 9.13. The van der Waals surface area contributed by atoms with E-state index in [-0.39, 0.29) is 6.42 Å². The molecule has 2 aromatic rings. The molecule has 1 N–H and O–H groups in total. The lowest BCUT2D eigenvalue weighted by Crippen LogP contribution is -1.96. The molecule has 0 saturated heterocycles. The van der Waals surface area contributed by atoms with Gasteiger partial charge in [0.25, 0.3) is 0 Å². The quantitative estimate of drug-likeness (QED) is 0.859. The molecule has 2 aromatic heterocycles. The van der Waals surface area contributed by atoms with E-state index < -0.39 is 5.97 Å². The number of rotatable bonds is 6. The third-order valence-electron chi connectivity index (χ3n) is 3.10. The molecule has 0 aliphatic carbocycles. The second-order valence-corrected chi connectivity index (χ2v) is 6.48. The molecule has 0 radical (unpaired) electrons. The number of carbonyl (C=O) groups is 1. The molecule has 0 aliphatic rings. The van der Waals surface area contributed by atoms with E-state index in [0.717, 1.165) is 28.3 Å². The Labute approximate surface area is 120 Å². The molecule has 0 bridgehead atoms. The van der Waals surface area contributed by atoms with Gasteiger partial charge in [-0.05, 0) is 25.0 Å². The molecule has 0 aliphatic heterocycles. The average Bonchev–Trinajstić information content (AvgIpc) is 2.99. The fourth-order valence-electron chi connectivity index (χ4n) is 1.99. The zero-order valence-electron chi connectivity index (χ0n) is 11.0. The Kier molecular flexibility index (Phi) is 4.71. The summed E-state index contributed by atoms with van der Waals surface area (Å²) in [6.45, 7) is 4.37. The molecule has 0 amide bonds. The van der Waals surface area contributed by atoms with Crippen molar-refractivity contribution in [1.82, 2.24) is 4.98 Å². The fourth-order valence-corrected chi connectivity index (χ4v) is 4.11. The number of aliphatic carboxylic acids is 1. The SMILES string of the molecule is CCC(CC)c1nc(-c2ccc(CC(=O)O)s2)cs1. The summed E-state index contributed by atoms with van der Waals surface area (Å²) in [5, 5.41) is 12.0. The fraction of sp³-hybridized carbons (Fsp3) is 0.429. The molecular formula is C14H17NO2S2. The van der Waals surface area contributed by atoms with Crippen LogP contribution in [0.4, 0.5) is 0 Å². The Balaban J connectivity index is 2.18. The highest BCUT2D eigenvalue weighted by molar-refractivity contribution is 7.16. The van der Waals surface area contributed by atoms with Crippen molar-refractivity contribution in [3.63, 3.8) is 0 Å². The van der Waals surface area contributed by atoms with Crippen molar-refractivity contribution in [2.24, 2.45) is 0 Å². The van der Waals surface area contributed by atoms with Crippen molar-refractivity contribution in [3.05, 3.63) is 27.4 Å². The number of aromatic nitrogens is 1. The Morgan fingerprint density at radius 1 is 1.37 bits per heavy atom. The molecule has 102 valence electrons. The van der Waals surface area contributed by atoms with Crippen LogP contribution < -0.4 is 0 Å². The van der Waals surface area contributed by atoms with Gasteiger partial charge in [0.2, 0.25) is 0 Å². The van der Waals surface area contributed by atoms with Crippen LogP contribution in [0.1, 0.15) is 42.5 Å². The number of hydrogen-bond acceptors (Lipinski definition) is 4. The minimum atomic E-state index is -0.788. The lowest BCUT2D eigenvalue weighted by atomic mass is 10.1. The highest BCUT2D eigenvalue weighted by Gasteiger charge is 2.14. The van der Waals surface area contributed by atoms with E-state index in [1.54, 1.807) is 11.3 Å². The van der Waals surface area contributed by atoms with Crippen LogP contribution in [0, 0.1) is 0 Å². The first-order valence-corrected chi connectivity index (χ1v) is 8.10. The van der Waals surface area contributed by atoms with E-state index in [1.807, 2.05) is 12.1 Å². The third-order valence-corrected chi connectivity index (χ3v) is 5.21. The van der Waals surface area contributed by atoms with Gasteiger partial charge in [-0.3, -0.25) is 4.79 Å². The highest BCUT2D eigenvalue weighted by atomic mass is 32.1. The summed E-state index contributed by atoms with van der Waals surface area (Å²) in [4.78, 5) is 17.3. The van der Waals surface area contributed by atoms with Crippen molar-refractivity contribution in [1.29, 1.82) is 0 Å². The first kappa shape index (κ1) is 14.2. The summed E-state index contributed by atoms with van der Waals surface area (Å²) in [7, 11) is 0. The molecule has 19 heavy (non-hydrogen) atoms. The molecule has 0 fully saturated rings. The molecule has 3 nitrogen and oxygen atoms in total. The van der Waals surface area contributed by atoms with E-state index in [4.69, 9.17) is 10.1 Å². The molecule has 0 saturated carbocycles. The summed E-state index contributed by atoms with van der Waals surface area (Å²) in [5.74, 6) is -0.249. The summed E-state index contributed by atoms with van der Waals surface area (Å²) in [6.07, 6.45) is 2.31. The number of carboxylic acids is 1. The van der Waals surface area contributed by atoms with Gasteiger partial charge in [-0.1, -0.05) is 13.8 Å². The summed E-state index contributed by atoms with van der Waals surface area (Å²) in [6, 6.07) is 3.85. The zero-order chi connectivity index (χ0) is 13.8. The van der Waals surface area contributed by atoms with Gasteiger partial charge in [0.05, 0.1) is 22.0 Å². The number of nitrogens with zero attached hydrogens (tertiary/aromatic N) is 1. The Morgan fingerprint density at radius 2 is 2.11 bits per heavy atom. The van der Waals surface area contributed by atoms with E-state index in [1.165, 1.54) is 16.3 Å². The average molecular weight is 295 g/mol. The van der Waals surface area contributed by atoms with E-state index >= 15 is 0 Å². The van der Waals surface area contributed by atoms with Gasteiger partial charge in [0, 0.05) is 16.2 Å². The van der Waals surface area contributed by atoms with Crippen LogP contribution in [-0.2, 0) is 11.2 Å². The van der Waals surface area contributed by atoms with Crippen molar-refractivity contribution in [3.8, 4) is 10.6 Å². The van der Waals surface area contributed by atoms with Crippen LogP contribution >= 0.6 is 22.7 Å². The predicted molar refractivity (Wildman–Crippen MR) is 80.1 cm³/mol. The molecule has 2 rings (SSSR count). The Morgan fingerprint density at radius 3 is 2.74 bits per heavy atom. The lowest BCUT2D eigenvalue weighted by Gasteiger charge is -2.06. The molecule has 0 atom stereocenters. The molecule has 2 heterocycles. The van der Waals surface area contributed by atoms with Crippen LogP contribution in [0.3, 0.4) is 0 Å². The van der Waals surface area contributed by atoms with Crippen LogP contribution in [0.25, 0.3) is 10.6 Å². The maximum Gasteiger partial charge on any atom is 0.308 e. The summed E-state index contributed by atoms with van der Waals surface area (Å²) in [5.41, 5.74) is 0.980. The number of thiophene rings is 1. The monoisotopic (exact) mass is 295 g/mol. The first-order valence-electron chi connectivity index (χ1n) is 6.40. The summed E-state index contributed by atoms with van der Waals surface area (Å²) >= 11 is 3.22. The highest BCUT2D eigenvalue weighted by Crippen LogP contribution is 2.33. The maximum atomic E-state index is 10.7. The number of hydrogen-bond donors (Lipinski definition) is 1. The van der Waals surface area contributed by atoms with Crippen LogP contribution in [0.2, 0.25) is 0 Å². The molecule has 5 heteroatoms. The van der Waals surface area contributed by atoms with Gasteiger partial charge in [0.1, 0.15) is 0 Å². The van der Waals surface area contributed by atoms with Crippen molar-refractivity contribution < 1.29 is 9.90 Å². The van der Waals surface area contributed by atoms with Crippen LogP contribution in [-0.4, -0.2) is 16.1 Å². The summed E-state index contributed by atoms with van der Waals surface area (Å²) < 4.78 is 0. The minimum absolute atomic E-state index is 0.0915. The van der Waals surface area contributed by atoms with Crippen LogP contribution in [0.5, 0.6) is 0 Å². The van der Waals surface area contributed by atoms with Crippen molar-refractivity contribution in [2.45, 2.75) is 39.0 Å². The van der Waals surface area contributed by atoms with Gasteiger partial charge >= 0.3 is 5.97 Å². The topological polar surface area (TPSA) is 50.2 Å². The van der Waals surface area contributed by atoms with Crippen LogP contribution in [0.15, 0.2) is 17.5 Å². The van der Waals surface area contributed by atoms with Gasteiger partial charge in [-0.2, -0.15) is 0 Å². The van der Waals surface area contributed by atoms with Crippen molar-refractivity contribution >= 4 is 28.6 Å². The number of thiazole rings is 1.